The average Bonchev–Trinajstić information content (AvgIpc) is 2.49. The molecule has 1 heteroatoms. The Morgan fingerprint density at radius 1 is 1.00 bits per heavy atom. The van der Waals surface area contributed by atoms with E-state index in [-0.39, 0.29) is 11.2 Å². The summed E-state index contributed by atoms with van der Waals surface area (Å²) in [4.78, 5) is 0. The number of benzene rings is 2. The van der Waals surface area contributed by atoms with E-state index >= 15 is 0 Å². The van der Waals surface area contributed by atoms with Crippen molar-refractivity contribution in [3.8, 4) is 11.1 Å². The van der Waals surface area contributed by atoms with E-state index in [1.54, 1.807) is 12.1 Å². The second kappa shape index (κ2) is 3.19. The first-order valence-electron chi connectivity index (χ1n) is 5.92. The van der Waals surface area contributed by atoms with Gasteiger partial charge < -0.3 is 0 Å². The van der Waals surface area contributed by atoms with Gasteiger partial charge in [-0.05, 0) is 46.9 Å². The van der Waals surface area contributed by atoms with Crippen LogP contribution in [0.2, 0.25) is 0 Å². The second-order valence-electron chi connectivity index (χ2n) is 5.31. The van der Waals surface area contributed by atoms with Crippen LogP contribution in [0.5, 0.6) is 0 Å². The molecule has 17 heavy (non-hydrogen) atoms. The van der Waals surface area contributed by atoms with E-state index in [9.17, 15) is 4.39 Å². The fourth-order valence-corrected chi connectivity index (χ4v) is 3.12. The van der Waals surface area contributed by atoms with Crippen LogP contribution in [0.25, 0.3) is 11.1 Å². The van der Waals surface area contributed by atoms with Crippen molar-refractivity contribution in [2.45, 2.75) is 26.2 Å². The molecule has 0 atom stereocenters. The van der Waals surface area contributed by atoms with Gasteiger partial charge in [-0.15, -0.1) is 0 Å². The maximum atomic E-state index is 13.4. The second-order valence-corrected chi connectivity index (χ2v) is 5.31. The van der Waals surface area contributed by atoms with Crippen molar-refractivity contribution in [1.29, 1.82) is 0 Å². The Balaban J connectivity index is 2.42. The van der Waals surface area contributed by atoms with Crippen molar-refractivity contribution in [3.63, 3.8) is 0 Å². The zero-order valence-electron chi connectivity index (χ0n) is 10.3. The van der Waals surface area contributed by atoms with Gasteiger partial charge in [-0.3, -0.25) is 0 Å². The first kappa shape index (κ1) is 10.5. The molecule has 2 aromatic rings. The molecule has 3 rings (SSSR count). The molecule has 0 radical (unpaired) electrons. The summed E-state index contributed by atoms with van der Waals surface area (Å²) in [6.45, 7) is 6.47. The van der Waals surface area contributed by atoms with Crippen LogP contribution < -0.4 is 0 Å². The summed E-state index contributed by atoms with van der Waals surface area (Å²) in [5.74, 6) is -0.151. The quantitative estimate of drug-likeness (QED) is 0.623. The number of aryl methyl sites for hydroxylation is 1. The van der Waals surface area contributed by atoms with Crippen molar-refractivity contribution in [1.82, 2.24) is 0 Å². The van der Waals surface area contributed by atoms with Crippen LogP contribution in [-0.2, 0) is 5.41 Å². The maximum absolute atomic E-state index is 13.4. The molecule has 0 saturated heterocycles. The highest BCUT2D eigenvalue weighted by Gasteiger charge is 2.36. The molecule has 0 bridgehead atoms. The predicted molar refractivity (Wildman–Crippen MR) is 68.7 cm³/mol. The van der Waals surface area contributed by atoms with Gasteiger partial charge in [0.25, 0.3) is 0 Å². The van der Waals surface area contributed by atoms with E-state index < -0.39 is 0 Å². The SMILES string of the molecule is Cc1cccc2c1C(C)(C)c1cc(F)ccc1-2. The van der Waals surface area contributed by atoms with Crippen LogP contribution in [0.15, 0.2) is 36.4 Å². The first-order chi connectivity index (χ1) is 8.01. The Labute approximate surface area is 101 Å². The van der Waals surface area contributed by atoms with Crippen molar-refractivity contribution in [3.05, 3.63) is 58.9 Å². The van der Waals surface area contributed by atoms with Gasteiger partial charge in [-0.2, -0.15) is 0 Å². The minimum absolute atomic E-state index is 0.0991. The summed E-state index contributed by atoms with van der Waals surface area (Å²) in [5.41, 5.74) is 6.05. The number of fused-ring (bicyclic) bond motifs is 3. The standard InChI is InChI=1S/C16H15F/c1-10-5-4-6-13-12-8-7-11(17)9-14(12)16(2,3)15(10)13/h4-9H,1-3H3. The zero-order chi connectivity index (χ0) is 12.2. The molecule has 0 aliphatic heterocycles. The fraction of sp³-hybridized carbons (Fsp3) is 0.250. The van der Waals surface area contributed by atoms with Gasteiger partial charge in [0.05, 0.1) is 0 Å². The maximum Gasteiger partial charge on any atom is 0.123 e. The largest absolute Gasteiger partial charge is 0.207 e. The Hall–Kier alpha value is -1.63. The smallest absolute Gasteiger partial charge is 0.123 e. The van der Waals surface area contributed by atoms with E-state index in [2.05, 4.69) is 39.0 Å². The molecule has 0 nitrogen and oxygen atoms in total. The monoisotopic (exact) mass is 226 g/mol. The van der Waals surface area contributed by atoms with Gasteiger partial charge in [0.1, 0.15) is 5.82 Å². The molecule has 0 aromatic heterocycles. The molecule has 86 valence electrons. The molecule has 0 N–H and O–H groups in total. The average molecular weight is 226 g/mol. The summed E-state index contributed by atoms with van der Waals surface area (Å²) >= 11 is 0. The normalized spacial score (nSPS) is 15.5. The highest BCUT2D eigenvalue weighted by Crippen LogP contribution is 2.49. The lowest BCUT2D eigenvalue weighted by molar-refractivity contribution is 0.608. The molecule has 0 fully saturated rings. The predicted octanol–water partition coefficient (Wildman–Crippen LogP) is 4.44. The van der Waals surface area contributed by atoms with Gasteiger partial charge >= 0.3 is 0 Å². The van der Waals surface area contributed by atoms with E-state index in [0.717, 1.165) is 5.56 Å². The van der Waals surface area contributed by atoms with Gasteiger partial charge in [-0.25, -0.2) is 4.39 Å². The van der Waals surface area contributed by atoms with Crippen LogP contribution in [0, 0.1) is 12.7 Å². The van der Waals surface area contributed by atoms with Crippen molar-refractivity contribution in [2.24, 2.45) is 0 Å². The lowest BCUT2D eigenvalue weighted by Crippen LogP contribution is -2.16. The molecule has 2 aromatic carbocycles. The molecule has 1 aliphatic rings. The number of halogens is 1. The summed E-state index contributed by atoms with van der Waals surface area (Å²) < 4.78 is 13.4. The Bertz CT molecular complexity index is 609. The highest BCUT2D eigenvalue weighted by atomic mass is 19.1. The van der Waals surface area contributed by atoms with Crippen LogP contribution in [0.4, 0.5) is 4.39 Å². The minimum Gasteiger partial charge on any atom is -0.207 e. The lowest BCUT2D eigenvalue weighted by atomic mass is 9.80. The zero-order valence-corrected chi connectivity index (χ0v) is 10.3. The van der Waals surface area contributed by atoms with Crippen LogP contribution >= 0.6 is 0 Å². The third-order valence-corrected chi connectivity index (χ3v) is 3.84. The van der Waals surface area contributed by atoms with Crippen LogP contribution in [-0.4, -0.2) is 0 Å². The van der Waals surface area contributed by atoms with E-state index in [0.29, 0.717) is 0 Å². The summed E-state index contributed by atoms with van der Waals surface area (Å²) in [7, 11) is 0. The molecular formula is C16H15F. The number of hydrogen-bond donors (Lipinski definition) is 0. The molecule has 0 unspecified atom stereocenters. The molecule has 0 amide bonds. The van der Waals surface area contributed by atoms with Crippen LogP contribution in [0.1, 0.15) is 30.5 Å². The van der Waals surface area contributed by atoms with Crippen molar-refractivity contribution >= 4 is 0 Å². The van der Waals surface area contributed by atoms with Gasteiger partial charge in [0, 0.05) is 5.41 Å². The van der Waals surface area contributed by atoms with Crippen molar-refractivity contribution < 1.29 is 4.39 Å². The van der Waals surface area contributed by atoms with E-state index in [1.807, 2.05) is 6.07 Å². The fourth-order valence-electron chi connectivity index (χ4n) is 3.12. The number of hydrogen-bond acceptors (Lipinski definition) is 0. The Morgan fingerprint density at radius 2 is 1.76 bits per heavy atom. The molecular weight excluding hydrogens is 211 g/mol. The van der Waals surface area contributed by atoms with Crippen molar-refractivity contribution in [2.75, 3.05) is 0 Å². The minimum atomic E-state index is -0.151. The Morgan fingerprint density at radius 3 is 2.53 bits per heavy atom. The molecule has 0 saturated carbocycles. The van der Waals surface area contributed by atoms with Gasteiger partial charge in [0.15, 0.2) is 0 Å². The molecule has 0 heterocycles. The molecule has 0 spiro atoms. The van der Waals surface area contributed by atoms with E-state index in [4.69, 9.17) is 0 Å². The summed E-state index contributed by atoms with van der Waals surface area (Å²) in [6, 6.07) is 11.5. The topological polar surface area (TPSA) is 0 Å². The first-order valence-corrected chi connectivity index (χ1v) is 5.92. The lowest BCUT2D eigenvalue weighted by Gasteiger charge is -2.23. The van der Waals surface area contributed by atoms with Gasteiger partial charge in [0.2, 0.25) is 0 Å². The summed E-state index contributed by atoms with van der Waals surface area (Å²) in [5, 5.41) is 0. The Kier molecular flexibility index (Phi) is 1.97. The van der Waals surface area contributed by atoms with Gasteiger partial charge in [-0.1, -0.05) is 38.1 Å². The highest BCUT2D eigenvalue weighted by molar-refractivity contribution is 5.81. The third kappa shape index (κ3) is 1.28. The summed E-state index contributed by atoms with van der Waals surface area (Å²) in [6.07, 6.45) is 0. The third-order valence-electron chi connectivity index (χ3n) is 3.84. The van der Waals surface area contributed by atoms with Crippen LogP contribution in [0.3, 0.4) is 0 Å². The number of rotatable bonds is 0. The molecule has 1 aliphatic carbocycles. The van der Waals surface area contributed by atoms with E-state index in [1.165, 1.54) is 22.3 Å².